The summed E-state index contributed by atoms with van der Waals surface area (Å²) in [5.74, 6) is -0.114. The van der Waals surface area contributed by atoms with Crippen molar-refractivity contribution in [3.8, 4) is 5.75 Å². The van der Waals surface area contributed by atoms with E-state index < -0.39 is 6.36 Å². The molecule has 1 aromatic rings. The van der Waals surface area contributed by atoms with Crippen molar-refractivity contribution in [1.82, 2.24) is 0 Å². The van der Waals surface area contributed by atoms with Gasteiger partial charge in [-0.3, -0.25) is 0 Å². The second kappa shape index (κ2) is 4.21. The molecule has 0 fully saturated rings. The maximum Gasteiger partial charge on any atom is 0.573 e. The Kier molecular flexibility index (Phi) is 3.42. The molecular formula is C9H8BrF3O. The van der Waals surface area contributed by atoms with Crippen LogP contribution in [0.3, 0.4) is 0 Å². The van der Waals surface area contributed by atoms with E-state index in [9.17, 15) is 13.2 Å². The maximum atomic E-state index is 12.0. The molecule has 0 bridgehead atoms. The van der Waals surface area contributed by atoms with Crippen LogP contribution in [0.15, 0.2) is 18.2 Å². The fourth-order valence-electron chi connectivity index (χ4n) is 1.08. The van der Waals surface area contributed by atoms with Crippen LogP contribution in [0.1, 0.15) is 11.1 Å². The van der Waals surface area contributed by atoms with Crippen molar-refractivity contribution in [3.63, 3.8) is 0 Å². The van der Waals surface area contributed by atoms with Crippen molar-refractivity contribution in [2.24, 2.45) is 0 Å². The SMILES string of the molecule is Cc1cccc(CBr)c1OC(F)(F)F. The van der Waals surface area contributed by atoms with Crippen LogP contribution in [0.25, 0.3) is 0 Å². The average Bonchev–Trinajstić information content (AvgIpc) is 2.06. The van der Waals surface area contributed by atoms with Gasteiger partial charge in [0.15, 0.2) is 0 Å². The number of hydrogen-bond donors (Lipinski definition) is 0. The highest BCUT2D eigenvalue weighted by Gasteiger charge is 2.32. The van der Waals surface area contributed by atoms with Gasteiger partial charge in [-0.25, -0.2) is 0 Å². The molecule has 5 heteroatoms. The van der Waals surface area contributed by atoms with Crippen LogP contribution in [0.2, 0.25) is 0 Å². The maximum absolute atomic E-state index is 12.0. The zero-order valence-electron chi connectivity index (χ0n) is 7.36. The van der Waals surface area contributed by atoms with Gasteiger partial charge in [-0.15, -0.1) is 13.2 Å². The summed E-state index contributed by atoms with van der Waals surface area (Å²) >= 11 is 3.10. The molecule has 0 spiro atoms. The number of rotatable bonds is 2. The highest BCUT2D eigenvalue weighted by Crippen LogP contribution is 2.30. The molecule has 1 nitrogen and oxygen atoms in total. The summed E-state index contributed by atoms with van der Waals surface area (Å²) in [6.45, 7) is 1.58. The molecule has 0 saturated heterocycles. The number of ether oxygens (including phenoxy) is 1. The third-order valence-corrected chi connectivity index (χ3v) is 2.26. The molecule has 0 radical (unpaired) electrons. The Bertz CT molecular complexity index is 322. The van der Waals surface area contributed by atoms with E-state index in [0.29, 0.717) is 16.5 Å². The second-order valence-corrected chi connectivity index (χ2v) is 3.31. The summed E-state index contributed by atoms with van der Waals surface area (Å²) in [6, 6.07) is 4.85. The van der Waals surface area contributed by atoms with Gasteiger partial charge in [0.2, 0.25) is 0 Å². The summed E-state index contributed by atoms with van der Waals surface area (Å²) in [7, 11) is 0. The van der Waals surface area contributed by atoms with Crippen LogP contribution in [-0.4, -0.2) is 6.36 Å². The highest BCUT2D eigenvalue weighted by atomic mass is 79.9. The number of alkyl halides is 4. The minimum atomic E-state index is -4.64. The Morgan fingerprint density at radius 2 is 2.00 bits per heavy atom. The highest BCUT2D eigenvalue weighted by molar-refractivity contribution is 9.08. The van der Waals surface area contributed by atoms with Gasteiger partial charge in [-0.2, -0.15) is 0 Å². The molecule has 0 saturated carbocycles. The topological polar surface area (TPSA) is 9.23 Å². The Morgan fingerprint density at radius 3 is 2.50 bits per heavy atom. The minimum Gasteiger partial charge on any atom is -0.405 e. The van der Waals surface area contributed by atoms with Crippen LogP contribution in [0.4, 0.5) is 13.2 Å². The Hall–Kier alpha value is -0.710. The molecule has 1 aromatic carbocycles. The lowest BCUT2D eigenvalue weighted by Crippen LogP contribution is -2.18. The first kappa shape index (κ1) is 11.4. The molecule has 0 aliphatic rings. The molecule has 14 heavy (non-hydrogen) atoms. The van der Waals surface area contributed by atoms with Crippen LogP contribution in [0.5, 0.6) is 5.75 Å². The monoisotopic (exact) mass is 268 g/mol. The van der Waals surface area contributed by atoms with E-state index in [-0.39, 0.29) is 5.75 Å². The van der Waals surface area contributed by atoms with Crippen LogP contribution >= 0.6 is 15.9 Å². The van der Waals surface area contributed by atoms with Gasteiger partial charge in [0, 0.05) is 10.9 Å². The van der Waals surface area contributed by atoms with Gasteiger partial charge in [0.25, 0.3) is 0 Å². The van der Waals surface area contributed by atoms with E-state index in [1.807, 2.05) is 0 Å². The quantitative estimate of drug-likeness (QED) is 0.742. The van der Waals surface area contributed by atoms with Crippen LogP contribution < -0.4 is 4.74 Å². The van der Waals surface area contributed by atoms with Gasteiger partial charge >= 0.3 is 6.36 Å². The first-order chi connectivity index (χ1) is 6.44. The molecular weight excluding hydrogens is 261 g/mol. The molecule has 0 atom stereocenters. The van der Waals surface area contributed by atoms with E-state index in [1.54, 1.807) is 25.1 Å². The van der Waals surface area contributed by atoms with E-state index >= 15 is 0 Å². The van der Waals surface area contributed by atoms with Crippen molar-refractivity contribution >= 4 is 15.9 Å². The van der Waals surface area contributed by atoms with Crippen LogP contribution in [0, 0.1) is 6.92 Å². The van der Waals surface area contributed by atoms with E-state index in [1.165, 1.54) is 0 Å². The average molecular weight is 269 g/mol. The molecule has 0 amide bonds. The van der Waals surface area contributed by atoms with Crippen molar-refractivity contribution in [2.45, 2.75) is 18.6 Å². The predicted molar refractivity (Wildman–Crippen MR) is 50.5 cm³/mol. The van der Waals surface area contributed by atoms with E-state index in [2.05, 4.69) is 20.7 Å². The van der Waals surface area contributed by atoms with Gasteiger partial charge in [-0.05, 0) is 12.5 Å². The Morgan fingerprint density at radius 1 is 1.36 bits per heavy atom. The minimum absolute atomic E-state index is 0.114. The van der Waals surface area contributed by atoms with E-state index in [0.717, 1.165) is 0 Å². The number of hydrogen-bond acceptors (Lipinski definition) is 1. The number of aryl methyl sites for hydroxylation is 1. The van der Waals surface area contributed by atoms with Gasteiger partial charge in [0.05, 0.1) is 0 Å². The Balaban J connectivity index is 3.05. The standard InChI is InChI=1S/C9H8BrF3O/c1-6-3-2-4-7(5-10)8(6)14-9(11,12)13/h2-4H,5H2,1H3. The third-order valence-electron chi connectivity index (χ3n) is 1.66. The third kappa shape index (κ3) is 2.90. The second-order valence-electron chi connectivity index (χ2n) is 2.74. The summed E-state index contributed by atoms with van der Waals surface area (Å²) < 4.78 is 39.9. The lowest BCUT2D eigenvalue weighted by atomic mass is 10.1. The van der Waals surface area contributed by atoms with E-state index in [4.69, 9.17) is 0 Å². The van der Waals surface area contributed by atoms with Crippen LogP contribution in [-0.2, 0) is 5.33 Å². The van der Waals surface area contributed by atoms with Gasteiger partial charge in [0.1, 0.15) is 5.75 Å². The summed E-state index contributed by atoms with van der Waals surface area (Å²) in [5.41, 5.74) is 0.960. The molecule has 0 aromatic heterocycles. The first-order valence-corrected chi connectivity index (χ1v) is 4.96. The smallest absolute Gasteiger partial charge is 0.405 e. The lowest BCUT2D eigenvalue weighted by Gasteiger charge is -2.14. The largest absolute Gasteiger partial charge is 0.573 e. The number of benzene rings is 1. The molecule has 0 heterocycles. The summed E-state index contributed by atoms with van der Waals surface area (Å²) in [6.07, 6.45) is -4.64. The fraction of sp³-hybridized carbons (Fsp3) is 0.333. The van der Waals surface area contributed by atoms with Crippen molar-refractivity contribution in [2.75, 3.05) is 0 Å². The summed E-state index contributed by atoms with van der Waals surface area (Å²) in [4.78, 5) is 0. The fourth-order valence-corrected chi connectivity index (χ4v) is 1.52. The number of halogens is 4. The van der Waals surface area contributed by atoms with Crippen molar-refractivity contribution in [3.05, 3.63) is 29.3 Å². The first-order valence-electron chi connectivity index (χ1n) is 3.84. The van der Waals surface area contributed by atoms with Crippen molar-refractivity contribution < 1.29 is 17.9 Å². The zero-order valence-corrected chi connectivity index (χ0v) is 8.95. The molecule has 1 rings (SSSR count). The molecule has 78 valence electrons. The normalized spacial score (nSPS) is 11.5. The number of para-hydroxylation sites is 1. The van der Waals surface area contributed by atoms with Crippen molar-refractivity contribution in [1.29, 1.82) is 0 Å². The lowest BCUT2D eigenvalue weighted by molar-refractivity contribution is -0.275. The predicted octanol–water partition coefficient (Wildman–Crippen LogP) is 3.79. The van der Waals surface area contributed by atoms with Gasteiger partial charge < -0.3 is 4.74 Å². The Labute approximate surface area is 88.0 Å². The molecule has 0 N–H and O–H groups in total. The van der Waals surface area contributed by atoms with Gasteiger partial charge in [-0.1, -0.05) is 34.1 Å². The summed E-state index contributed by atoms with van der Waals surface area (Å²) in [5, 5.41) is 0.333. The molecule has 0 unspecified atom stereocenters. The zero-order chi connectivity index (χ0) is 10.8. The molecule has 0 aliphatic heterocycles. The molecule has 0 aliphatic carbocycles.